The maximum Gasteiger partial charge on any atom is 0.410 e. The van der Waals surface area contributed by atoms with Crippen molar-refractivity contribution in [3.05, 3.63) is 89.5 Å². The van der Waals surface area contributed by atoms with Crippen molar-refractivity contribution in [1.82, 2.24) is 29.8 Å². The van der Waals surface area contributed by atoms with E-state index in [4.69, 9.17) is 10.5 Å². The molecule has 0 unspecified atom stereocenters. The highest BCUT2D eigenvalue weighted by atomic mass is 16.6. The fourth-order valence-electron chi connectivity index (χ4n) is 4.74. The standard InChI is InChI=1S/C32H36N8O3/c1-21-17-25-18-23(8-10-27(25)37-28(21)33)29(41)40(38(5)30-34-13-6-14-35-30)20-26-9-7-24(19-36-26)22-11-15-39(16-12-22)31(42)43-32(2,3)4/h6-11,13-14,17-19H,12,15-16,20H2,1-5H3,(H2,33,37). The fraction of sp³-hybridized carbons (Fsp3) is 0.312. The molecule has 1 aliphatic rings. The maximum atomic E-state index is 14.0. The molecule has 0 saturated carbocycles. The SMILES string of the molecule is Cc1cc2cc(C(=O)N(Cc3ccc(C4=CCN(C(=O)OC(C)(C)C)CC4)cn3)N(C)c3ncccn3)ccc2nc1N. The Labute approximate surface area is 251 Å². The van der Waals surface area contributed by atoms with E-state index in [0.29, 0.717) is 42.5 Å². The lowest BCUT2D eigenvalue weighted by Gasteiger charge is -2.32. The highest BCUT2D eigenvalue weighted by Crippen LogP contribution is 2.25. The third-order valence-electron chi connectivity index (χ3n) is 7.10. The number of hydrogen-bond acceptors (Lipinski definition) is 9. The van der Waals surface area contributed by atoms with E-state index in [1.54, 1.807) is 58.8 Å². The van der Waals surface area contributed by atoms with Gasteiger partial charge in [0.05, 0.1) is 17.8 Å². The lowest BCUT2D eigenvalue weighted by atomic mass is 10.0. The van der Waals surface area contributed by atoms with Crippen molar-refractivity contribution in [2.75, 3.05) is 30.9 Å². The monoisotopic (exact) mass is 580 g/mol. The van der Waals surface area contributed by atoms with Crippen LogP contribution in [0.25, 0.3) is 16.5 Å². The van der Waals surface area contributed by atoms with Crippen molar-refractivity contribution in [3.8, 4) is 0 Å². The van der Waals surface area contributed by atoms with Crippen LogP contribution in [-0.4, -0.2) is 67.6 Å². The Kier molecular flexibility index (Phi) is 8.24. The van der Waals surface area contributed by atoms with Gasteiger partial charge in [-0.1, -0.05) is 12.1 Å². The van der Waals surface area contributed by atoms with Crippen LogP contribution in [0, 0.1) is 6.92 Å². The van der Waals surface area contributed by atoms with Gasteiger partial charge < -0.3 is 15.4 Å². The summed E-state index contributed by atoms with van der Waals surface area (Å²) in [5.74, 6) is 0.600. The molecule has 11 nitrogen and oxygen atoms in total. The second-order valence-corrected chi connectivity index (χ2v) is 11.5. The summed E-state index contributed by atoms with van der Waals surface area (Å²) >= 11 is 0. The summed E-state index contributed by atoms with van der Waals surface area (Å²) in [4.78, 5) is 45.8. The largest absolute Gasteiger partial charge is 0.444 e. The molecule has 3 aromatic heterocycles. The number of nitrogens with two attached hydrogens (primary N) is 1. The number of rotatable bonds is 6. The first-order chi connectivity index (χ1) is 20.5. The molecule has 1 aromatic carbocycles. The number of nitrogens with zero attached hydrogens (tertiary/aromatic N) is 7. The number of benzene rings is 1. The molecule has 0 atom stereocenters. The molecule has 0 radical (unpaired) electrons. The number of pyridine rings is 2. The molecule has 222 valence electrons. The molecule has 4 aromatic rings. The molecule has 2 N–H and O–H groups in total. The second-order valence-electron chi connectivity index (χ2n) is 11.5. The van der Waals surface area contributed by atoms with E-state index in [2.05, 4.69) is 19.9 Å². The summed E-state index contributed by atoms with van der Waals surface area (Å²) < 4.78 is 5.50. The molecular weight excluding hydrogens is 544 g/mol. The van der Waals surface area contributed by atoms with Gasteiger partial charge >= 0.3 is 6.09 Å². The number of hydrazine groups is 1. The van der Waals surface area contributed by atoms with Crippen LogP contribution < -0.4 is 10.7 Å². The van der Waals surface area contributed by atoms with Gasteiger partial charge in [-0.25, -0.2) is 24.8 Å². The predicted octanol–water partition coefficient (Wildman–Crippen LogP) is 5.03. The van der Waals surface area contributed by atoms with Crippen molar-refractivity contribution >= 4 is 40.2 Å². The average Bonchev–Trinajstić information content (AvgIpc) is 2.99. The number of nitrogen functional groups attached to an aromatic ring is 1. The van der Waals surface area contributed by atoms with Crippen LogP contribution in [0.5, 0.6) is 0 Å². The van der Waals surface area contributed by atoms with E-state index in [1.807, 2.05) is 58.0 Å². The minimum Gasteiger partial charge on any atom is -0.444 e. The average molecular weight is 581 g/mol. The molecule has 0 spiro atoms. The Morgan fingerprint density at radius 3 is 2.49 bits per heavy atom. The van der Waals surface area contributed by atoms with Gasteiger partial charge in [0.15, 0.2) is 0 Å². The zero-order valence-electron chi connectivity index (χ0n) is 25.1. The summed E-state index contributed by atoms with van der Waals surface area (Å²) in [6.07, 6.45) is 7.48. The van der Waals surface area contributed by atoms with E-state index in [0.717, 1.165) is 27.6 Å². The fourth-order valence-corrected chi connectivity index (χ4v) is 4.74. The lowest BCUT2D eigenvalue weighted by molar-refractivity contribution is 0.0270. The molecule has 43 heavy (non-hydrogen) atoms. The van der Waals surface area contributed by atoms with Crippen LogP contribution in [0.3, 0.4) is 0 Å². The van der Waals surface area contributed by atoms with E-state index in [-0.39, 0.29) is 18.5 Å². The number of ether oxygens (including phenoxy) is 1. The molecule has 11 heteroatoms. The third kappa shape index (κ3) is 6.88. The van der Waals surface area contributed by atoms with Crippen LogP contribution >= 0.6 is 0 Å². The summed E-state index contributed by atoms with van der Waals surface area (Å²) in [6, 6.07) is 12.9. The van der Waals surface area contributed by atoms with Gasteiger partial charge in [0, 0.05) is 49.7 Å². The van der Waals surface area contributed by atoms with Crippen LogP contribution in [0.2, 0.25) is 0 Å². The van der Waals surface area contributed by atoms with Crippen molar-refractivity contribution in [2.45, 2.75) is 46.3 Å². The molecule has 4 heterocycles. The van der Waals surface area contributed by atoms with E-state index < -0.39 is 5.60 Å². The second kappa shape index (κ2) is 12.0. The van der Waals surface area contributed by atoms with Crippen LogP contribution in [-0.2, 0) is 11.3 Å². The molecule has 0 aliphatic carbocycles. The number of aromatic nitrogens is 4. The van der Waals surface area contributed by atoms with Gasteiger partial charge in [0.25, 0.3) is 5.91 Å². The molecule has 2 amide bonds. The Balaban J connectivity index is 1.36. The predicted molar refractivity (Wildman–Crippen MR) is 166 cm³/mol. The molecule has 1 aliphatic heterocycles. The third-order valence-corrected chi connectivity index (χ3v) is 7.10. The van der Waals surface area contributed by atoms with Crippen LogP contribution in [0.15, 0.2) is 67.1 Å². The quantitative estimate of drug-likeness (QED) is 0.312. The zero-order chi connectivity index (χ0) is 30.7. The van der Waals surface area contributed by atoms with Gasteiger partial charge in [0.2, 0.25) is 5.95 Å². The van der Waals surface area contributed by atoms with Gasteiger partial charge in [-0.2, -0.15) is 0 Å². The maximum absolute atomic E-state index is 14.0. The van der Waals surface area contributed by atoms with Crippen molar-refractivity contribution < 1.29 is 14.3 Å². The number of aryl methyl sites for hydroxylation is 1. The summed E-state index contributed by atoms with van der Waals surface area (Å²) in [7, 11) is 1.75. The number of amides is 2. The first-order valence-corrected chi connectivity index (χ1v) is 14.1. The van der Waals surface area contributed by atoms with E-state index >= 15 is 0 Å². The number of fused-ring (bicyclic) bond motifs is 1. The topological polar surface area (TPSA) is 131 Å². The van der Waals surface area contributed by atoms with Gasteiger partial charge in [-0.15, -0.1) is 0 Å². The molecular formula is C32H36N8O3. The highest BCUT2D eigenvalue weighted by Gasteiger charge is 2.25. The Morgan fingerprint density at radius 2 is 1.84 bits per heavy atom. The van der Waals surface area contributed by atoms with Gasteiger partial charge in [-0.05, 0) is 87.2 Å². The van der Waals surface area contributed by atoms with E-state index in [1.165, 1.54) is 0 Å². The lowest BCUT2D eigenvalue weighted by Crippen LogP contribution is -2.45. The number of anilines is 2. The Hall–Kier alpha value is -5.06. The summed E-state index contributed by atoms with van der Waals surface area (Å²) in [6.45, 7) is 8.71. The van der Waals surface area contributed by atoms with Crippen molar-refractivity contribution in [1.29, 1.82) is 0 Å². The van der Waals surface area contributed by atoms with Gasteiger partial charge in [0.1, 0.15) is 11.4 Å². The minimum atomic E-state index is -0.532. The van der Waals surface area contributed by atoms with Crippen LogP contribution in [0.4, 0.5) is 16.6 Å². The minimum absolute atomic E-state index is 0.191. The van der Waals surface area contributed by atoms with Gasteiger partial charge in [-0.3, -0.25) is 14.8 Å². The van der Waals surface area contributed by atoms with Crippen molar-refractivity contribution in [2.24, 2.45) is 0 Å². The number of carbonyl (C=O) groups is 2. The normalized spacial score (nSPS) is 13.4. The highest BCUT2D eigenvalue weighted by molar-refractivity contribution is 5.98. The van der Waals surface area contributed by atoms with E-state index in [9.17, 15) is 9.59 Å². The smallest absolute Gasteiger partial charge is 0.410 e. The zero-order valence-corrected chi connectivity index (χ0v) is 25.1. The first kappa shape index (κ1) is 29.4. The molecule has 0 saturated heterocycles. The first-order valence-electron chi connectivity index (χ1n) is 14.1. The summed E-state index contributed by atoms with van der Waals surface area (Å²) in [5.41, 5.74) is 10.3. The Morgan fingerprint density at radius 1 is 1.07 bits per heavy atom. The number of hydrogen-bond donors (Lipinski definition) is 1. The molecule has 0 bridgehead atoms. The summed E-state index contributed by atoms with van der Waals surface area (Å²) in [5, 5.41) is 4.02. The van der Waals surface area contributed by atoms with Crippen molar-refractivity contribution in [3.63, 3.8) is 0 Å². The number of carbonyl (C=O) groups excluding carboxylic acids is 2. The molecule has 0 fully saturated rings. The Bertz CT molecular complexity index is 1670. The molecule has 5 rings (SSSR count). The van der Waals surface area contributed by atoms with Crippen LogP contribution in [0.1, 0.15) is 54.4 Å².